The Morgan fingerprint density at radius 2 is 1.54 bits per heavy atom. The molecule has 0 spiro atoms. The van der Waals surface area contributed by atoms with E-state index in [-0.39, 0.29) is 0 Å². The number of carbonyl (C=O) groups excluding carboxylic acids is 2. The van der Waals surface area contributed by atoms with Gasteiger partial charge in [0.25, 0.3) is 0 Å². The van der Waals surface area contributed by atoms with Crippen LogP contribution < -0.4 is 0 Å². The molecule has 4 heteroatoms. The van der Waals surface area contributed by atoms with Crippen molar-refractivity contribution in [1.82, 2.24) is 0 Å². The molecule has 4 nitrogen and oxygen atoms in total. The standard InChI is InChI=1S/C9H14O4/c1-9(2,3)13-8(11)6-5-7(10)12-4/h5-6H,1-4H3. The van der Waals surface area contributed by atoms with Gasteiger partial charge in [-0.25, -0.2) is 9.59 Å². The Labute approximate surface area is 77.5 Å². The zero-order valence-electron chi connectivity index (χ0n) is 8.29. The molecular formula is C9H14O4. The van der Waals surface area contributed by atoms with Crippen LogP contribution in [-0.4, -0.2) is 24.6 Å². The predicted molar refractivity (Wildman–Crippen MR) is 47.0 cm³/mol. The average Bonchev–Trinajstić information content (AvgIpc) is 1.97. The van der Waals surface area contributed by atoms with Crippen LogP contribution in [0, 0.1) is 0 Å². The second kappa shape index (κ2) is 4.64. The molecule has 0 radical (unpaired) electrons. The molecule has 0 aliphatic rings. The van der Waals surface area contributed by atoms with Gasteiger partial charge in [0.1, 0.15) is 5.60 Å². The van der Waals surface area contributed by atoms with Crippen LogP contribution in [0.15, 0.2) is 12.2 Å². The molecule has 0 atom stereocenters. The highest BCUT2D eigenvalue weighted by molar-refractivity contribution is 5.91. The summed E-state index contributed by atoms with van der Waals surface area (Å²) in [4.78, 5) is 21.5. The Bertz CT molecular complexity index is 222. The van der Waals surface area contributed by atoms with E-state index in [1.165, 1.54) is 7.11 Å². The smallest absolute Gasteiger partial charge is 0.331 e. The van der Waals surface area contributed by atoms with Crippen molar-refractivity contribution in [3.8, 4) is 0 Å². The lowest BCUT2D eigenvalue weighted by molar-refractivity contribution is -0.149. The molecule has 0 saturated heterocycles. The molecule has 0 saturated carbocycles. The zero-order chi connectivity index (χ0) is 10.5. The largest absolute Gasteiger partial charge is 0.466 e. The van der Waals surface area contributed by atoms with Crippen molar-refractivity contribution in [2.24, 2.45) is 0 Å². The highest BCUT2D eigenvalue weighted by atomic mass is 16.6. The first-order valence-electron chi connectivity index (χ1n) is 3.84. The normalized spacial score (nSPS) is 11.4. The topological polar surface area (TPSA) is 52.6 Å². The summed E-state index contributed by atoms with van der Waals surface area (Å²) in [7, 11) is 1.24. The van der Waals surface area contributed by atoms with Crippen molar-refractivity contribution in [2.75, 3.05) is 7.11 Å². The number of esters is 2. The third-order valence-corrected chi connectivity index (χ3v) is 0.963. The minimum absolute atomic E-state index is 0.544. The molecule has 0 heterocycles. The Hall–Kier alpha value is -1.32. The van der Waals surface area contributed by atoms with Crippen molar-refractivity contribution in [3.05, 3.63) is 12.2 Å². The highest BCUT2D eigenvalue weighted by Crippen LogP contribution is 2.06. The Morgan fingerprint density at radius 1 is 1.08 bits per heavy atom. The third kappa shape index (κ3) is 7.05. The van der Waals surface area contributed by atoms with Crippen molar-refractivity contribution in [3.63, 3.8) is 0 Å². The molecule has 0 aliphatic carbocycles. The average molecular weight is 186 g/mol. The van der Waals surface area contributed by atoms with Gasteiger partial charge in [0.2, 0.25) is 0 Å². The summed E-state index contributed by atoms with van der Waals surface area (Å²) in [5, 5.41) is 0. The molecule has 0 aromatic rings. The monoisotopic (exact) mass is 186 g/mol. The van der Waals surface area contributed by atoms with Gasteiger partial charge in [-0.1, -0.05) is 0 Å². The molecule has 0 aliphatic heterocycles. The fourth-order valence-electron chi connectivity index (χ4n) is 0.540. The predicted octanol–water partition coefficient (Wildman–Crippen LogP) is 1.06. The molecular weight excluding hydrogens is 172 g/mol. The second-order valence-corrected chi connectivity index (χ2v) is 3.39. The summed E-state index contributed by atoms with van der Waals surface area (Å²) in [5.74, 6) is -1.14. The maximum absolute atomic E-state index is 11.0. The fourth-order valence-corrected chi connectivity index (χ4v) is 0.540. The van der Waals surface area contributed by atoms with Crippen molar-refractivity contribution < 1.29 is 19.1 Å². The first-order valence-corrected chi connectivity index (χ1v) is 3.84. The Balaban J connectivity index is 4.02. The minimum atomic E-state index is -0.578. The molecule has 0 aromatic heterocycles. The van der Waals surface area contributed by atoms with E-state index in [2.05, 4.69) is 4.74 Å². The Morgan fingerprint density at radius 3 is 1.92 bits per heavy atom. The summed E-state index contributed by atoms with van der Waals surface area (Å²) in [5.41, 5.74) is -0.544. The van der Waals surface area contributed by atoms with Crippen molar-refractivity contribution in [2.45, 2.75) is 26.4 Å². The van der Waals surface area contributed by atoms with Crippen LogP contribution in [0.25, 0.3) is 0 Å². The van der Waals surface area contributed by atoms with E-state index in [0.29, 0.717) is 0 Å². The molecule has 74 valence electrons. The van der Waals surface area contributed by atoms with Crippen molar-refractivity contribution >= 4 is 11.9 Å². The van der Waals surface area contributed by atoms with Gasteiger partial charge in [-0.3, -0.25) is 0 Å². The first kappa shape index (κ1) is 11.7. The van der Waals surface area contributed by atoms with Gasteiger partial charge in [-0.05, 0) is 20.8 Å². The van der Waals surface area contributed by atoms with E-state index in [1.54, 1.807) is 20.8 Å². The summed E-state index contributed by atoms with van der Waals surface area (Å²) >= 11 is 0. The zero-order valence-corrected chi connectivity index (χ0v) is 8.29. The van der Waals surface area contributed by atoms with Crippen LogP contribution in [0.3, 0.4) is 0 Å². The second-order valence-electron chi connectivity index (χ2n) is 3.39. The number of methoxy groups -OCH3 is 1. The molecule has 0 amide bonds. The molecule has 13 heavy (non-hydrogen) atoms. The lowest BCUT2D eigenvalue weighted by atomic mass is 10.2. The van der Waals surface area contributed by atoms with E-state index < -0.39 is 17.5 Å². The first-order chi connectivity index (χ1) is 5.85. The van der Waals surface area contributed by atoms with Gasteiger partial charge in [-0.15, -0.1) is 0 Å². The molecule has 0 N–H and O–H groups in total. The molecule has 0 aromatic carbocycles. The minimum Gasteiger partial charge on any atom is -0.466 e. The van der Waals surface area contributed by atoms with E-state index in [9.17, 15) is 9.59 Å². The maximum atomic E-state index is 11.0. The summed E-state index contributed by atoms with van der Waals surface area (Å²) in [6.45, 7) is 5.24. The van der Waals surface area contributed by atoms with Gasteiger partial charge in [0.15, 0.2) is 0 Å². The van der Waals surface area contributed by atoms with Gasteiger partial charge in [0, 0.05) is 12.2 Å². The van der Waals surface area contributed by atoms with Gasteiger partial charge in [0.05, 0.1) is 7.11 Å². The van der Waals surface area contributed by atoms with Crippen molar-refractivity contribution in [1.29, 1.82) is 0 Å². The van der Waals surface area contributed by atoms with Gasteiger partial charge < -0.3 is 9.47 Å². The Kier molecular flexibility index (Phi) is 4.17. The lowest BCUT2D eigenvalue weighted by Gasteiger charge is -2.17. The van der Waals surface area contributed by atoms with Crippen LogP contribution in [0.4, 0.5) is 0 Å². The van der Waals surface area contributed by atoms with Crippen LogP contribution in [-0.2, 0) is 19.1 Å². The van der Waals surface area contributed by atoms with Gasteiger partial charge in [-0.2, -0.15) is 0 Å². The number of ether oxygens (including phenoxy) is 2. The number of hydrogen-bond donors (Lipinski definition) is 0. The van der Waals surface area contributed by atoms with Crippen LogP contribution >= 0.6 is 0 Å². The summed E-state index contributed by atoms with van der Waals surface area (Å²) in [6.07, 6.45) is 2.06. The van der Waals surface area contributed by atoms with E-state index >= 15 is 0 Å². The third-order valence-electron chi connectivity index (χ3n) is 0.963. The van der Waals surface area contributed by atoms with Gasteiger partial charge >= 0.3 is 11.9 Å². The SMILES string of the molecule is COC(=O)C=CC(=O)OC(C)(C)C. The van der Waals surface area contributed by atoms with E-state index in [0.717, 1.165) is 12.2 Å². The number of rotatable bonds is 2. The number of hydrogen-bond acceptors (Lipinski definition) is 4. The van der Waals surface area contributed by atoms with E-state index in [4.69, 9.17) is 4.74 Å². The maximum Gasteiger partial charge on any atom is 0.331 e. The highest BCUT2D eigenvalue weighted by Gasteiger charge is 2.13. The summed E-state index contributed by atoms with van der Waals surface area (Å²) < 4.78 is 9.20. The number of carbonyl (C=O) groups is 2. The van der Waals surface area contributed by atoms with E-state index in [1.807, 2.05) is 0 Å². The quantitative estimate of drug-likeness (QED) is 0.478. The van der Waals surface area contributed by atoms with Crippen LogP contribution in [0.1, 0.15) is 20.8 Å². The fraction of sp³-hybridized carbons (Fsp3) is 0.556. The lowest BCUT2D eigenvalue weighted by Crippen LogP contribution is -2.22. The van der Waals surface area contributed by atoms with Crippen LogP contribution in [0.5, 0.6) is 0 Å². The van der Waals surface area contributed by atoms with Crippen LogP contribution in [0.2, 0.25) is 0 Å². The molecule has 0 unspecified atom stereocenters. The summed E-state index contributed by atoms with van der Waals surface area (Å²) in [6, 6.07) is 0. The molecule has 0 rings (SSSR count). The molecule has 0 bridgehead atoms. The molecule has 0 fully saturated rings.